The number of aryl methyl sites for hydroxylation is 2. The largest absolute Gasteiger partial charge is 0.319 e. The maximum Gasteiger partial charge on any atom is 0.138 e. The average molecular weight is 258 g/mol. The van der Waals surface area contributed by atoms with Gasteiger partial charge >= 0.3 is 0 Å². The summed E-state index contributed by atoms with van der Waals surface area (Å²) < 4.78 is 1.86. The van der Waals surface area contributed by atoms with Crippen molar-refractivity contribution in [1.29, 1.82) is 0 Å². The zero-order valence-corrected chi connectivity index (χ0v) is 11.9. The molecule has 0 aliphatic heterocycles. The number of aromatic nitrogens is 3. The lowest BCUT2D eigenvalue weighted by molar-refractivity contribution is 0.471. The third-order valence-corrected chi connectivity index (χ3v) is 3.41. The van der Waals surface area contributed by atoms with Gasteiger partial charge < -0.3 is 5.32 Å². The van der Waals surface area contributed by atoms with Crippen LogP contribution in [0.3, 0.4) is 0 Å². The molecule has 0 aliphatic carbocycles. The Bertz CT molecular complexity index is 501. The summed E-state index contributed by atoms with van der Waals surface area (Å²) in [5.41, 5.74) is 2.69. The first-order valence-electron chi connectivity index (χ1n) is 6.72. The van der Waals surface area contributed by atoms with Gasteiger partial charge in [0.2, 0.25) is 0 Å². The summed E-state index contributed by atoms with van der Waals surface area (Å²) >= 11 is 0. The van der Waals surface area contributed by atoms with Gasteiger partial charge in [0, 0.05) is 13.5 Å². The van der Waals surface area contributed by atoms with Gasteiger partial charge in [0.05, 0.1) is 0 Å². The molecular weight excluding hydrogens is 236 g/mol. The normalized spacial score (nSPS) is 12.6. The van der Waals surface area contributed by atoms with E-state index in [9.17, 15) is 0 Å². The van der Waals surface area contributed by atoms with E-state index in [4.69, 9.17) is 0 Å². The smallest absolute Gasteiger partial charge is 0.138 e. The molecule has 4 heteroatoms. The third-order valence-electron chi connectivity index (χ3n) is 3.41. The molecule has 0 bridgehead atoms. The fourth-order valence-electron chi connectivity index (χ4n) is 2.33. The summed E-state index contributed by atoms with van der Waals surface area (Å²) in [6.07, 6.45) is 3.64. The first kappa shape index (κ1) is 13.7. The van der Waals surface area contributed by atoms with Gasteiger partial charge in [-0.15, -0.1) is 0 Å². The molecule has 19 heavy (non-hydrogen) atoms. The standard InChI is InChI=1S/C15H22N4/c1-12-4-6-13(7-5-12)8-14(10-16-2)9-15-17-11-18-19(15)3/h4-7,11,14,16H,8-10H2,1-3H3. The average Bonchev–Trinajstić information content (AvgIpc) is 2.78. The zero-order chi connectivity index (χ0) is 13.7. The van der Waals surface area contributed by atoms with Gasteiger partial charge in [-0.1, -0.05) is 29.8 Å². The molecule has 1 heterocycles. The van der Waals surface area contributed by atoms with Gasteiger partial charge in [-0.25, -0.2) is 4.98 Å². The highest BCUT2D eigenvalue weighted by molar-refractivity contribution is 5.21. The maximum atomic E-state index is 4.32. The Hall–Kier alpha value is -1.68. The van der Waals surface area contributed by atoms with E-state index in [2.05, 4.69) is 46.6 Å². The summed E-state index contributed by atoms with van der Waals surface area (Å²) in [6, 6.07) is 8.78. The molecule has 1 aromatic carbocycles. The van der Waals surface area contributed by atoms with Crippen LogP contribution >= 0.6 is 0 Å². The van der Waals surface area contributed by atoms with Crippen LogP contribution in [0.25, 0.3) is 0 Å². The van der Waals surface area contributed by atoms with Gasteiger partial charge in [-0.2, -0.15) is 5.10 Å². The third kappa shape index (κ3) is 3.89. The molecule has 0 saturated carbocycles. The van der Waals surface area contributed by atoms with Crippen molar-refractivity contribution in [3.63, 3.8) is 0 Å². The van der Waals surface area contributed by atoms with Gasteiger partial charge in [-0.05, 0) is 38.4 Å². The predicted molar refractivity (Wildman–Crippen MR) is 77.0 cm³/mol. The van der Waals surface area contributed by atoms with E-state index in [1.807, 2.05) is 18.8 Å². The second-order valence-electron chi connectivity index (χ2n) is 5.12. The topological polar surface area (TPSA) is 42.7 Å². The van der Waals surface area contributed by atoms with Crippen molar-refractivity contribution in [2.75, 3.05) is 13.6 Å². The predicted octanol–water partition coefficient (Wildman–Crippen LogP) is 1.74. The zero-order valence-electron chi connectivity index (χ0n) is 11.9. The van der Waals surface area contributed by atoms with E-state index in [0.29, 0.717) is 5.92 Å². The van der Waals surface area contributed by atoms with Gasteiger partial charge in [-0.3, -0.25) is 4.68 Å². The van der Waals surface area contributed by atoms with E-state index in [-0.39, 0.29) is 0 Å². The fraction of sp³-hybridized carbons (Fsp3) is 0.467. The van der Waals surface area contributed by atoms with Crippen LogP contribution in [0.15, 0.2) is 30.6 Å². The van der Waals surface area contributed by atoms with E-state index >= 15 is 0 Å². The Morgan fingerprint density at radius 1 is 1.21 bits per heavy atom. The molecule has 0 radical (unpaired) electrons. The molecule has 0 spiro atoms. The minimum atomic E-state index is 0.538. The molecular formula is C15H22N4. The molecule has 1 N–H and O–H groups in total. The first-order valence-corrected chi connectivity index (χ1v) is 6.72. The van der Waals surface area contributed by atoms with Gasteiger partial charge in [0.1, 0.15) is 12.2 Å². The Morgan fingerprint density at radius 3 is 2.53 bits per heavy atom. The summed E-state index contributed by atoms with van der Waals surface area (Å²) in [6.45, 7) is 3.11. The van der Waals surface area contributed by atoms with Crippen LogP contribution in [-0.2, 0) is 19.9 Å². The highest BCUT2D eigenvalue weighted by atomic mass is 15.3. The van der Waals surface area contributed by atoms with E-state index in [1.54, 1.807) is 6.33 Å². The number of hydrogen-bond acceptors (Lipinski definition) is 3. The van der Waals surface area contributed by atoms with Crippen molar-refractivity contribution in [2.24, 2.45) is 13.0 Å². The number of benzene rings is 1. The van der Waals surface area contributed by atoms with Crippen LogP contribution in [0.1, 0.15) is 17.0 Å². The molecule has 0 aliphatic rings. The van der Waals surface area contributed by atoms with Crippen molar-refractivity contribution >= 4 is 0 Å². The highest BCUT2D eigenvalue weighted by Gasteiger charge is 2.13. The quantitative estimate of drug-likeness (QED) is 0.858. The molecule has 1 atom stereocenters. The number of nitrogens with one attached hydrogen (secondary N) is 1. The fourth-order valence-corrected chi connectivity index (χ4v) is 2.33. The lowest BCUT2D eigenvalue weighted by Crippen LogP contribution is -2.24. The Balaban J connectivity index is 2.03. The minimum Gasteiger partial charge on any atom is -0.319 e. The van der Waals surface area contributed by atoms with Crippen molar-refractivity contribution in [1.82, 2.24) is 20.1 Å². The lowest BCUT2D eigenvalue weighted by Gasteiger charge is -2.16. The highest BCUT2D eigenvalue weighted by Crippen LogP contribution is 2.13. The summed E-state index contributed by atoms with van der Waals surface area (Å²) in [7, 11) is 3.95. The van der Waals surface area contributed by atoms with Crippen molar-refractivity contribution in [3.8, 4) is 0 Å². The van der Waals surface area contributed by atoms with Gasteiger partial charge in [0.15, 0.2) is 0 Å². The molecule has 0 fully saturated rings. The van der Waals surface area contributed by atoms with E-state index in [0.717, 1.165) is 25.2 Å². The van der Waals surface area contributed by atoms with Crippen LogP contribution in [0.4, 0.5) is 0 Å². The van der Waals surface area contributed by atoms with E-state index in [1.165, 1.54) is 11.1 Å². The van der Waals surface area contributed by atoms with Crippen LogP contribution in [-0.4, -0.2) is 28.4 Å². The molecule has 2 aromatic rings. The molecule has 1 unspecified atom stereocenters. The molecule has 102 valence electrons. The van der Waals surface area contributed by atoms with Crippen molar-refractivity contribution in [3.05, 3.63) is 47.5 Å². The summed E-state index contributed by atoms with van der Waals surface area (Å²) in [4.78, 5) is 4.32. The Kier molecular flexibility index (Phi) is 4.68. The van der Waals surface area contributed by atoms with Crippen molar-refractivity contribution in [2.45, 2.75) is 19.8 Å². The van der Waals surface area contributed by atoms with Gasteiger partial charge in [0.25, 0.3) is 0 Å². The second kappa shape index (κ2) is 6.48. The molecule has 2 rings (SSSR count). The van der Waals surface area contributed by atoms with Crippen molar-refractivity contribution < 1.29 is 0 Å². The van der Waals surface area contributed by atoms with Crippen LogP contribution < -0.4 is 5.32 Å². The number of rotatable bonds is 6. The maximum absolute atomic E-state index is 4.32. The molecule has 4 nitrogen and oxygen atoms in total. The number of hydrogen-bond donors (Lipinski definition) is 1. The Labute approximate surface area is 114 Å². The lowest BCUT2D eigenvalue weighted by atomic mass is 9.95. The monoisotopic (exact) mass is 258 g/mol. The summed E-state index contributed by atoms with van der Waals surface area (Å²) in [5, 5.41) is 7.41. The molecule has 0 saturated heterocycles. The van der Waals surface area contributed by atoms with Crippen LogP contribution in [0, 0.1) is 12.8 Å². The summed E-state index contributed by atoms with van der Waals surface area (Å²) in [5.74, 6) is 1.59. The number of nitrogens with zero attached hydrogens (tertiary/aromatic N) is 3. The molecule has 1 aromatic heterocycles. The van der Waals surface area contributed by atoms with Crippen LogP contribution in [0.2, 0.25) is 0 Å². The second-order valence-corrected chi connectivity index (χ2v) is 5.12. The first-order chi connectivity index (χ1) is 9.19. The minimum absolute atomic E-state index is 0.538. The Morgan fingerprint density at radius 2 is 1.95 bits per heavy atom. The SMILES string of the molecule is CNCC(Cc1ccc(C)cc1)Cc1ncnn1C. The molecule has 0 amide bonds. The van der Waals surface area contributed by atoms with E-state index < -0.39 is 0 Å². The van der Waals surface area contributed by atoms with Crippen LogP contribution in [0.5, 0.6) is 0 Å².